The molecule has 1 aromatic carbocycles. The van der Waals surface area contributed by atoms with Crippen molar-refractivity contribution in [3.8, 4) is 0 Å². The standard InChI is InChI=1S/C22H32F3NO3/c1-3-26(4-2)11-10-21(15-27-16-21)18-9-8-17(19(13-18)22(23,24)25)14-29-20-7-5-6-12-28-20/h8-9,13,20H,3-7,10-12,14-16H2,1-2H3. The summed E-state index contributed by atoms with van der Waals surface area (Å²) >= 11 is 0. The molecule has 2 aliphatic heterocycles. The van der Waals surface area contributed by atoms with E-state index in [-0.39, 0.29) is 17.6 Å². The minimum absolute atomic E-state index is 0.0945. The SMILES string of the molecule is CCN(CC)CCC1(c2ccc(COC3CCCCO3)c(C(F)(F)F)c2)COC1. The van der Waals surface area contributed by atoms with E-state index in [0.717, 1.165) is 45.3 Å². The van der Waals surface area contributed by atoms with Gasteiger partial charge in [-0.25, -0.2) is 0 Å². The highest BCUT2D eigenvalue weighted by Crippen LogP contribution is 2.40. The van der Waals surface area contributed by atoms with Gasteiger partial charge in [0.25, 0.3) is 0 Å². The lowest BCUT2D eigenvalue weighted by atomic mass is 9.75. The van der Waals surface area contributed by atoms with Gasteiger partial charge in [-0.1, -0.05) is 26.0 Å². The Balaban J connectivity index is 1.77. The molecule has 0 aromatic heterocycles. The highest BCUT2D eigenvalue weighted by molar-refractivity contribution is 5.39. The first-order valence-corrected chi connectivity index (χ1v) is 10.6. The maximum atomic E-state index is 13.8. The van der Waals surface area contributed by atoms with Crippen molar-refractivity contribution in [2.45, 2.75) is 64.0 Å². The van der Waals surface area contributed by atoms with Crippen LogP contribution in [0.3, 0.4) is 0 Å². The molecule has 0 bridgehead atoms. The predicted molar refractivity (Wildman–Crippen MR) is 105 cm³/mol. The average Bonchev–Trinajstić information content (AvgIpc) is 2.69. The summed E-state index contributed by atoms with van der Waals surface area (Å²) < 4.78 is 57.9. The number of benzene rings is 1. The van der Waals surface area contributed by atoms with Crippen molar-refractivity contribution >= 4 is 0 Å². The van der Waals surface area contributed by atoms with Gasteiger partial charge in [-0.2, -0.15) is 13.2 Å². The molecule has 29 heavy (non-hydrogen) atoms. The van der Waals surface area contributed by atoms with Crippen LogP contribution in [0.4, 0.5) is 13.2 Å². The van der Waals surface area contributed by atoms with Crippen LogP contribution in [0, 0.1) is 0 Å². The lowest BCUT2D eigenvalue weighted by Crippen LogP contribution is -2.49. The molecule has 1 aromatic rings. The zero-order valence-electron chi connectivity index (χ0n) is 17.4. The minimum atomic E-state index is -4.42. The molecule has 3 rings (SSSR count). The molecule has 1 atom stereocenters. The molecule has 0 amide bonds. The predicted octanol–water partition coefficient (Wildman–Crippen LogP) is 4.75. The summed E-state index contributed by atoms with van der Waals surface area (Å²) in [6.07, 6.45) is -1.37. The van der Waals surface area contributed by atoms with E-state index >= 15 is 0 Å². The summed E-state index contributed by atoms with van der Waals surface area (Å²) in [4.78, 5) is 2.29. The van der Waals surface area contributed by atoms with Crippen LogP contribution in [-0.2, 0) is 32.4 Å². The zero-order chi connectivity index (χ0) is 20.9. The third-order valence-corrected chi connectivity index (χ3v) is 6.15. The summed E-state index contributed by atoms with van der Waals surface area (Å²) in [5, 5.41) is 0. The molecule has 2 heterocycles. The summed E-state index contributed by atoms with van der Waals surface area (Å²) in [6.45, 7) is 8.35. The van der Waals surface area contributed by atoms with Gasteiger partial charge in [0, 0.05) is 12.0 Å². The number of alkyl halides is 3. The molecule has 0 N–H and O–H groups in total. The fourth-order valence-corrected chi connectivity index (χ4v) is 4.04. The van der Waals surface area contributed by atoms with Crippen LogP contribution < -0.4 is 0 Å². The third kappa shape index (κ3) is 5.51. The summed E-state index contributed by atoms with van der Waals surface area (Å²) in [5.74, 6) is 0. The van der Waals surface area contributed by atoms with Crippen molar-refractivity contribution in [2.75, 3.05) is 39.5 Å². The first-order valence-electron chi connectivity index (χ1n) is 10.6. The van der Waals surface area contributed by atoms with Gasteiger partial charge in [-0.3, -0.25) is 0 Å². The highest BCUT2D eigenvalue weighted by atomic mass is 19.4. The molecular weight excluding hydrogens is 383 g/mol. The van der Waals surface area contributed by atoms with Crippen LogP contribution >= 0.6 is 0 Å². The Hall–Kier alpha value is -1.15. The van der Waals surface area contributed by atoms with Crippen molar-refractivity contribution in [2.24, 2.45) is 0 Å². The largest absolute Gasteiger partial charge is 0.416 e. The van der Waals surface area contributed by atoms with Crippen LogP contribution in [0.5, 0.6) is 0 Å². The summed E-state index contributed by atoms with van der Waals surface area (Å²) in [7, 11) is 0. The number of nitrogens with zero attached hydrogens (tertiary/aromatic N) is 1. The van der Waals surface area contributed by atoms with Crippen LogP contribution in [0.15, 0.2) is 18.2 Å². The zero-order valence-corrected chi connectivity index (χ0v) is 17.4. The van der Waals surface area contributed by atoms with Gasteiger partial charge in [0.05, 0.1) is 25.4 Å². The lowest BCUT2D eigenvalue weighted by molar-refractivity contribution is -0.171. The lowest BCUT2D eigenvalue weighted by Gasteiger charge is -2.43. The molecule has 4 nitrogen and oxygen atoms in total. The molecule has 164 valence electrons. The Labute approximate surface area is 171 Å². The van der Waals surface area contributed by atoms with Gasteiger partial charge >= 0.3 is 6.18 Å². The van der Waals surface area contributed by atoms with Crippen molar-refractivity contribution in [3.05, 3.63) is 34.9 Å². The Morgan fingerprint density at radius 2 is 1.93 bits per heavy atom. The smallest absolute Gasteiger partial charge is 0.379 e. The number of hydrogen-bond donors (Lipinski definition) is 0. The van der Waals surface area contributed by atoms with Gasteiger partial charge in [-0.05, 0) is 62.5 Å². The number of ether oxygens (including phenoxy) is 3. The van der Waals surface area contributed by atoms with E-state index < -0.39 is 18.0 Å². The van der Waals surface area contributed by atoms with E-state index in [1.807, 2.05) is 6.07 Å². The first kappa shape index (κ1) is 22.5. The van der Waals surface area contributed by atoms with E-state index in [0.29, 0.717) is 25.4 Å². The summed E-state index contributed by atoms with van der Waals surface area (Å²) in [6, 6.07) is 4.70. The van der Waals surface area contributed by atoms with Gasteiger partial charge in [0.15, 0.2) is 6.29 Å². The second-order valence-electron chi connectivity index (χ2n) is 8.03. The molecule has 1 unspecified atom stereocenters. The Morgan fingerprint density at radius 3 is 2.48 bits per heavy atom. The van der Waals surface area contributed by atoms with Crippen molar-refractivity contribution < 1.29 is 27.4 Å². The molecule has 2 aliphatic rings. The quantitative estimate of drug-likeness (QED) is 0.583. The maximum absolute atomic E-state index is 13.8. The van der Waals surface area contributed by atoms with Gasteiger partial charge in [0.1, 0.15) is 0 Å². The number of hydrogen-bond acceptors (Lipinski definition) is 4. The second kappa shape index (κ2) is 9.77. The molecule has 0 saturated carbocycles. The van der Waals surface area contributed by atoms with Crippen molar-refractivity contribution in [3.63, 3.8) is 0 Å². The first-order chi connectivity index (χ1) is 13.9. The van der Waals surface area contributed by atoms with E-state index in [1.165, 1.54) is 6.07 Å². The topological polar surface area (TPSA) is 30.9 Å². The molecule has 0 spiro atoms. The van der Waals surface area contributed by atoms with Gasteiger partial charge in [-0.15, -0.1) is 0 Å². The number of rotatable bonds is 9. The fourth-order valence-electron chi connectivity index (χ4n) is 4.04. The van der Waals surface area contributed by atoms with Crippen LogP contribution in [0.2, 0.25) is 0 Å². The average molecular weight is 415 g/mol. The van der Waals surface area contributed by atoms with Crippen LogP contribution in [0.25, 0.3) is 0 Å². The summed E-state index contributed by atoms with van der Waals surface area (Å²) in [5.41, 5.74) is -0.0792. The molecule has 0 radical (unpaired) electrons. The highest BCUT2D eigenvalue weighted by Gasteiger charge is 2.42. The normalized spacial score (nSPS) is 21.9. The minimum Gasteiger partial charge on any atom is -0.379 e. The van der Waals surface area contributed by atoms with E-state index in [4.69, 9.17) is 14.2 Å². The molecule has 0 aliphatic carbocycles. The molecule has 2 fully saturated rings. The Kier molecular flexibility index (Phi) is 7.59. The van der Waals surface area contributed by atoms with E-state index in [9.17, 15) is 13.2 Å². The molecular formula is C22H32F3NO3. The van der Waals surface area contributed by atoms with E-state index in [2.05, 4.69) is 18.7 Å². The Morgan fingerprint density at radius 1 is 1.17 bits per heavy atom. The maximum Gasteiger partial charge on any atom is 0.416 e. The monoisotopic (exact) mass is 415 g/mol. The van der Waals surface area contributed by atoms with Crippen LogP contribution in [0.1, 0.15) is 56.2 Å². The fraction of sp³-hybridized carbons (Fsp3) is 0.727. The van der Waals surface area contributed by atoms with E-state index in [1.54, 1.807) is 6.07 Å². The van der Waals surface area contributed by atoms with Gasteiger partial charge < -0.3 is 19.1 Å². The van der Waals surface area contributed by atoms with Crippen molar-refractivity contribution in [1.29, 1.82) is 0 Å². The van der Waals surface area contributed by atoms with Gasteiger partial charge in [0.2, 0.25) is 0 Å². The second-order valence-corrected chi connectivity index (χ2v) is 8.03. The third-order valence-electron chi connectivity index (χ3n) is 6.15. The van der Waals surface area contributed by atoms with Crippen LogP contribution in [-0.4, -0.2) is 50.6 Å². The molecule has 7 heteroatoms. The molecule has 2 saturated heterocycles. The van der Waals surface area contributed by atoms with Crippen molar-refractivity contribution in [1.82, 2.24) is 4.90 Å². The Bertz CT molecular complexity index is 651. The number of halogens is 3.